The van der Waals surface area contributed by atoms with Crippen LogP contribution in [0.1, 0.15) is 24.1 Å². The minimum atomic E-state index is 0.0632. The predicted molar refractivity (Wildman–Crippen MR) is 102 cm³/mol. The van der Waals surface area contributed by atoms with E-state index in [1.165, 1.54) is 11.9 Å². The Balaban J connectivity index is 1.32. The van der Waals surface area contributed by atoms with E-state index in [-0.39, 0.29) is 11.8 Å². The molecule has 1 saturated heterocycles. The van der Waals surface area contributed by atoms with Gasteiger partial charge in [0.05, 0.1) is 5.69 Å². The summed E-state index contributed by atoms with van der Waals surface area (Å²) in [5, 5.41) is 4.87. The second-order valence-electron chi connectivity index (χ2n) is 7.28. The summed E-state index contributed by atoms with van der Waals surface area (Å²) in [6.45, 7) is 4.29. The number of anilines is 2. The SMILES string of the molecule is Cc1noc2ncnc(N3CCC(C(=O)N4CCc5ccccc54)CC3)c12. The molecule has 5 rings (SSSR count). The third kappa shape index (κ3) is 2.65. The summed E-state index contributed by atoms with van der Waals surface area (Å²) in [5.41, 5.74) is 3.67. The topological polar surface area (TPSA) is 75.4 Å². The minimum Gasteiger partial charge on any atom is -0.356 e. The van der Waals surface area contributed by atoms with E-state index in [1.807, 2.05) is 24.0 Å². The summed E-state index contributed by atoms with van der Waals surface area (Å²) in [6, 6.07) is 8.23. The van der Waals surface area contributed by atoms with E-state index in [1.54, 1.807) is 0 Å². The van der Waals surface area contributed by atoms with Crippen LogP contribution in [0.3, 0.4) is 0 Å². The standard InChI is InChI=1S/C20H21N5O2/c1-13-17-18(21-12-22-19(17)27-23-13)24-9-6-15(7-10-24)20(26)25-11-8-14-4-2-3-5-16(14)25/h2-5,12,15H,6-11H2,1H3. The first-order chi connectivity index (χ1) is 13.2. The maximum atomic E-state index is 13.1. The number of para-hydroxylation sites is 1. The number of benzene rings is 1. The number of carbonyl (C=O) groups is 1. The van der Waals surface area contributed by atoms with Crippen LogP contribution >= 0.6 is 0 Å². The van der Waals surface area contributed by atoms with Crippen LogP contribution in [-0.4, -0.2) is 40.7 Å². The molecular formula is C20H21N5O2. The van der Waals surface area contributed by atoms with E-state index >= 15 is 0 Å². The molecule has 1 aromatic carbocycles. The van der Waals surface area contributed by atoms with Crippen LogP contribution in [0.5, 0.6) is 0 Å². The summed E-state index contributed by atoms with van der Waals surface area (Å²) in [7, 11) is 0. The molecule has 1 fully saturated rings. The molecule has 27 heavy (non-hydrogen) atoms. The number of amides is 1. The molecule has 2 aromatic heterocycles. The largest absolute Gasteiger partial charge is 0.356 e. The molecule has 3 aromatic rings. The quantitative estimate of drug-likeness (QED) is 0.697. The van der Waals surface area contributed by atoms with E-state index in [2.05, 4.69) is 32.2 Å². The maximum Gasteiger partial charge on any atom is 0.263 e. The fourth-order valence-corrected chi connectivity index (χ4v) is 4.27. The van der Waals surface area contributed by atoms with Gasteiger partial charge in [0.25, 0.3) is 5.71 Å². The Kier molecular flexibility index (Phi) is 3.81. The number of aryl methyl sites for hydroxylation is 1. The lowest BCUT2D eigenvalue weighted by Crippen LogP contribution is -2.42. The molecule has 0 saturated carbocycles. The highest BCUT2D eigenvalue weighted by Gasteiger charge is 2.33. The number of nitrogens with zero attached hydrogens (tertiary/aromatic N) is 5. The number of rotatable bonds is 2. The minimum absolute atomic E-state index is 0.0632. The number of piperidine rings is 1. The third-order valence-electron chi connectivity index (χ3n) is 5.72. The van der Waals surface area contributed by atoms with Gasteiger partial charge in [0.1, 0.15) is 17.5 Å². The second-order valence-corrected chi connectivity index (χ2v) is 7.28. The Morgan fingerprint density at radius 1 is 1.15 bits per heavy atom. The van der Waals surface area contributed by atoms with Crippen molar-refractivity contribution in [1.29, 1.82) is 0 Å². The summed E-state index contributed by atoms with van der Waals surface area (Å²) in [6.07, 6.45) is 4.12. The van der Waals surface area contributed by atoms with Gasteiger partial charge >= 0.3 is 0 Å². The molecule has 7 nitrogen and oxygen atoms in total. The summed E-state index contributed by atoms with van der Waals surface area (Å²) in [5.74, 6) is 1.18. The van der Waals surface area contributed by atoms with Crippen LogP contribution in [0.4, 0.5) is 11.5 Å². The van der Waals surface area contributed by atoms with Gasteiger partial charge < -0.3 is 14.3 Å². The molecule has 2 aliphatic rings. The second kappa shape index (κ2) is 6.33. The highest BCUT2D eigenvalue weighted by atomic mass is 16.5. The van der Waals surface area contributed by atoms with Gasteiger partial charge in [0.2, 0.25) is 5.91 Å². The van der Waals surface area contributed by atoms with Gasteiger partial charge in [-0.05, 0) is 37.8 Å². The lowest BCUT2D eigenvalue weighted by molar-refractivity contribution is -0.122. The zero-order valence-electron chi connectivity index (χ0n) is 15.3. The van der Waals surface area contributed by atoms with Gasteiger partial charge in [-0.3, -0.25) is 4.79 Å². The molecular weight excluding hydrogens is 342 g/mol. The Morgan fingerprint density at radius 2 is 1.96 bits per heavy atom. The van der Waals surface area contributed by atoms with Crippen molar-refractivity contribution in [3.8, 4) is 0 Å². The molecule has 0 radical (unpaired) electrons. The molecule has 0 unspecified atom stereocenters. The number of carbonyl (C=O) groups excluding carboxylic acids is 1. The fraction of sp³-hybridized carbons (Fsp3) is 0.400. The molecule has 0 N–H and O–H groups in total. The van der Waals surface area contributed by atoms with Crippen LogP contribution in [0.2, 0.25) is 0 Å². The Bertz CT molecular complexity index is 1010. The average molecular weight is 363 g/mol. The zero-order valence-corrected chi connectivity index (χ0v) is 15.3. The molecule has 7 heteroatoms. The van der Waals surface area contributed by atoms with E-state index in [9.17, 15) is 4.79 Å². The molecule has 4 heterocycles. The van der Waals surface area contributed by atoms with Crippen LogP contribution in [0.25, 0.3) is 11.1 Å². The number of fused-ring (bicyclic) bond motifs is 2. The summed E-state index contributed by atoms with van der Waals surface area (Å²) >= 11 is 0. The van der Waals surface area contributed by atoms with Crippen molar-refractivity contribution in [2.45, 2.75) is 26.2 Å². The Hall–Kier alpha value is -2.96. The third-order valence-corrected chi connectivity index (χ3v) is 5.72. The molecule has 0 bridgehead atoms. The van der Waals surface area contributed by atoms with Gasteiger partial charge in [0, 0.05) is 31.2 Å². The van der Waals surface area contributed by atoms with Crippen molar-refractivity contribution in [2.24, 2.45) is 5.92 Å². The zero-order chi connectivity index (χ0) is 18.4. The van der Waals surface area contributed by atoms with E-state index in [0.29, 0.717) is 5.71 Å². The van der Waals surface area contributed by atoms with Crippen molar-refractivity contribution in [3.63, 3.8) is 0 Å². The van der Waals surface area contributed by atoms with Crippen molar-refractivity contribution < 1.29 is 9.32 Å². The fourth-order valence-electron chi connectivity index (χ4n) is 4.27. The highest BCUT2D eigenvalue weighted by Crippen LogP contribution is 2.33. The first kappa shape index (κ1) is 16.2. The lowest BCUT2D eigenvalue weighted by Gasteiger charge is -2.34. The van der Waals surface area contributed by atoms with E-state index in [0.717, 1.165) is 61.5 Å². The maximum absolute atomic E-state index is 13.1. The first-order valence-electron chi connectivity index (χ1n) is 9.43. The van der Waals surface area contributed by atoms with Crippen molar-refractivity contribution in [1.82, 2.24) is 15.1 Å². The van der Waals surface area contributed by atoms with Gasteiger partial charge in [0.15, 0.2) is 0 Å². The average Bonchev–Trinajstić information content (AvgIpc) is 3.31. The van der Waals surface area contributed by atoms with Crippen molar-refractivity contribution in [3.05, 3.63) is 41.9 Å². The molecule has 1 amide bonds. The molecule has 138 valence electrons. The van der Waals surface area contributed by atoms with Gasteiger partial charge in [-0.25, -0.2) is 4.98 Å². The van der Waals surface area contributed by atoms with Gasteiger partial charge in [-0.2, -0.15) is 4.98 Å². The number of aromatic nitrogens is 3. The molecule has 0 aliphatic carbocycles. The van der Waals surface area contributed by atoms with Crippen LogP contribution < -0.4 is 9.80 Å². The van der Waals surface area contributed by atoms with Crippen molar-refractivity contribution >= 4 is 28.5 Å². The highest BCUT2D eigenvalue weighted by molar-refractivity contribution is 5.97. The van der Waals surface area contributed by atoms with Crippen LogP contribution in [0.15, 0.2) is 35.1 Å². The number of hydrogen-bond donors (Lipinski definition) is 0. The predicted octanol–water partition coefficient (Wildman–Crippen LogP) is 2.73. The van der Waals surface area contributed by atoms with Gasteiger partial charge in [-0.15, -0.1) is 0 Å². The number of hydrogen-bond acceptors (Lipinski definition) is 6. The summed E-state index contributed by atoms with van der Waals surface area (Å²) in [4.78, 5) is 25.9. The van der Waals surface area contributed by atoms with Gasteiger partial charge in [-0.1, -0.05) is 23.4 Å². The van der Waals surface area contributed by atoms with Crippen molar-refractivity contribution in [2.75, 3.05) is 29.4 Å². The Labute approximate surface area is 157 Å². The smallest absolute Gasteiger partial charge is 0.263 e. The lowest BCUT2D eigenvalue weighted by atomic mass is 9.95. The normalized spacial score (nSPS) is 17.5. The van der Waals surface area contributed by atoms with E-state index < -0.39 is 0 Å². The first-order valence-corrected chi connectivity index (χ1v) is 9.43. The van der Waals surface area contributed by atoms with E-state index in [4.69, 9.17) is 4.52 Å². The monoisotopic (exact) mass is 363 g/mol. The summed E-state index contributed by atoms with van der Waals surface area (Å²) < 4.78 is 5.25. The molecule has 2 aliphatic heterocycles. The molecule has 0 atom stereocenters. The van der Waals surface area contributed by atoms with Crippen LogP contribution in [0, 0.1) is 12.8 Å². The Morgan fingerprint density at radius 3 is 2.81 bits per heavy atom. The molecule has 0 spiro atoms. The van der Waals surface area contributed by atoms with Crippen LogP contribution in [-0.2, 0) is 11.2 Å².